The molecule has 28 heavy (non-hydrogen) atoms. The molecule has 2 amide bonds. The van der Waals surface area contributed by atoms with Gasteiger partial charge in [0.05, 0.1) is 17.9 Å². The van der Waals surface area contributed by atoms with Crippen molar-refractivity contribution in [3.05, 3.63) is 47.7 Å². The summed E-state index contributed by atoms with van der Waals surface area (Å²) in [4.78, 5) is 38.6. The van der Waals surface area contributed by atoms with Crippen molar-refractivity contribution in [2.45, 2.75) is 6.92 Å². The molecule has 1 aromatic carbocycles. The molecule has 1 fully saturated rings. The Balaban J connectivity index is 1.68. The maximum absolute atomic E-state index is 12.5. The molecule has 1 N–H and O–H groups in total. The molecule has 0 saturated carbocycles. The zero-order chi connectivity index (χ0) is 19.9. The molecule has 1 aliphatic rings. The molecule has 3 rings (SSSR count). The fourth-order valence-electron chi connectivity index (χ4n) is 2.82. The quantitative estimate of drug-likeness (QED) is 0.592. The Hall–Kier alpha value is -3.49. The summed E-state index contributed by atoms with van der Waals surface area (Å²) in [5.74, 6) is -0.254. The van der Waals surface area contributed by atoms with Gasteiger partial charge in [-0.05, 0) is 31.2 Å². The zero-order valence-electron chi connectivity index (χ0n) is 15.5. The number of para-hydroxylation sites is 1. The van der Waals surface area contributed by atoms with Crippen molar-refractivity contribution in [2.24, 2.45) is 0 Å². The number of hydrogen-bond donors (Lipinski definition) is 1. The van der Waals surface area contributed by atoms with Crippen LogP contribution in [0.2, 0.25) is 0 Å². The SMILES string of the molecule is CCOC(=O)c1ccccc1Nc1ccc(C(=O)N2CCN(C=O)CC2)nn1. The highest BCUT2D eigenvalue weighted by Crippen LogP contribution is 2.20. The van der Waals surface area contributed by atoms with E-state index in [1.165, 1.54) is 0 Å². The van der Waals surface area contributed by atoms with Crippen LogP contribution in [0, 0.1) is 0 Å². The second-order valence-corrected chi connectivity index (χ2v) is 6.13. The van der Waals surface area contributed by atoms with Crippen molar-refractivity contribution in [3.8, 4) is 0 Å². The van der Waals surface area contributed by atoms with E-state index in [4.69, 9.17) is 4.74 Å². The van der Waals surface area contributed by atoms with E-state index < -0.39 is 5.97 Å². The van der Waals surface area contributed by atoms with Crippen molar-refractivity contribution in [1.29, 1.82) is 0 Å². The van der Waals surface area contributed by atoms with Gasteiger partial charge in [-0.25, -0.2) is 4.79 Å². The normalized spacial score (nSPS) is 13.8. The van der Waals surface area contributed by atoms with Gasteiger partial charge in [-0.15, -0.1) is 10.2 Å². The molecule has 1 aromatic heterocycles. The maximum atomic E-state index is 12.5. The standard InChI is InChI=1S/C19H21N5O4/c1-2-28-19(27)14-5-3-4-6-15(14)20-17-8-7-16(21-22-17)18(26)24-11-9-23(13-25)10-12-24/h3-8,13H,2,9-12H2,1H3,(H,20,22). The number of nitrogens with zero attached hydrogens (tertiary/aromatic N) is 4. The Morgan fingerprint density at radius 3 is 2.50 bits per heavy atom. The highest BCUT2D eigenvalue weighted by molar-refractivity contribution is 5.96. The molecule has 9 nitrogen and oxygen atoms in total. The number of carbonyl (C=O) groups is 3. The summed E-state index contributed by atoms with van der Waals surface area (Å²) in [6.45, 7) is 3.97. The van der Waals surface area contributed by atoms with Crippen LogP contribution in [0.25, 0.3) is 0 Å². The van der Waals surface area contributed by atoms with Gasteiger partial charge in [-0.2, -0.15) is 0 Å². The molecule has 1 aliphatic heterocycles. The Morgan fingerprint density at radius 2 is 1.86 bits per heavy atom. The van der Waals surface area contributed by atoms with Crippen LogP contribution in [0.15, 0.2) is 36.4 Å². The van der Waals surface area contributed by atoms with Crippen LogP contribution in [0.5, 0.6) is 0 Å². The van der Waals surface area contributed by atoms with E-state index in [0.29, 0.717) is 43.2 Å². The number of rotatable bonds is 6. The van der Waals surface area contributed by atoms with Gasteiger partial charge in [0.25, 0.3) is 5.91 Å². The monoisotopic (exact) mass is 383 g/mol. The number of amides is 2. The second kappa shape index (κ2) is 8.94. The minimum absolute atomic E-state index is 0.225. The summed E-state index contributed by atoms with van der Waals surface area (Å²) in [6.07, 6.45) is 0.788. The lowest BCUT2D eigenvalue weighted by Crippen LogP contribution is -2.48. The van der Waals surface area contributed by atoms with E-state index in [1.54, 1.807) is 53.1 Å². The highest BCUT2D eigenvalue weighted by Gasteiger charge is 2.22. The van der Waals surface area contributed by atoms with Crippen LogP contribution in [0.3, 0.4) is 0 Å². The minimum atomic E-state index is -0.431. The van der Waals surface area contributed by atoms with Gasteiger partial charge in [-0.3, -0.25) is 9.59 Å². The van der Waals surface area contributed by atoms with Crippen molar-refractivity contribution in [2.75, 3.05) is 38.1 Å². The smallest absolute Gasteiger partial charge is 0.340 e. The predicted molar refractivity (Wildman–Crippen MR) is 101 cm³/mol. The lowest BCUT2D eigenvalue weighted by Gasteiger charge is -2.32. The molecule has 1 saturated heterocycles. The van der Waals surface area contributed by atoms with E-state index >= 15 is 0 Å². The first-order valence-electron chi connectivity index (χ1n) is 8.98. The lowest BCUT2D eigenvalue weighted by molar-refractivity contribution is -0.119. The zero-order valence-corrected chi connectivity index (χ0v) is 15.5. The number of carbonyl (C=O) groups excluding carboxylic acids is 3. The van der Waals surface area contributed by atoms with Crippen LogP contribution in [0.1, 0.15) is 27.8 Å². The summed E-state index contributed by atoms with van der Waals surface area (Å²) in [7, 11) is 0. The maximum Gasteiger partial charge on any atom is 0.340 e. The Bertz CT molecular complexity index is 848. The van der Waals surface area contributed by atoms with Gasteiger partial charge in [0.1, 0.15) is 0 Å². The molecule has 2 aromatic rings. The fourth-order valence-corrected chi connectivity index (χ4v) is 2.82. The molecule has 0 aliphatic carbocycles. The van der Waals surface area contributed by atoms with Crippen molar-refractivity contribution in [3.63, 3.8) is 0 Å². The van der Waals surface area contributed by atoms with Crippen LogP contribution in [-0.4, -0.2) is 71.1 Å². The number of ether oxygens (including phenoxy) is 1. The number of aromatic nitrogens is 2. The molecule has 0 bridgehead atoms. The topological polar surface area (TPSA) is 105 Å². The predicted octanol–water partition coefficient (Wildman–Crippen LogP) is 1.31. The van der Waals surface area contributed by atoms with Gasteiger partial charge in [-0.1, -0.05) is 12.1 Å². The Kier molecular flexibility index (Phi) is 6.15. The van der Waals surface area contributed by atoms with Gasteiger partial charge >= 0.3 is 5.97 Å². The summed E-state index contributed by atoms with van der Waals surface area (Å²) in [6, 6.07) is 10.1. The summed E-state index contributed by atoms with van der Waals surface area (Å²) < 4.78 is 5.05. The number of anilines is 2. The molecule has 2 heterocycles. The average molecular weight is 383 g/mol. The molecule has 9 heteroatoms. The molecule has 0 spiro atoms. The van der Waals surface area contributed by atoms with Crippen molar-refractivity contribution >= 4 is 29.8 Å². The first-order valence-corrected chi connectivity index (χ1v) is 8.98. The largest absolute Gasteiger partial charge is 0.462 e. The third-order valence-corrected chi connectivity index (χ3v) is 4.32. The first-order chi connectivity index (χ1) is 13.6. The molecule has 146 valence electrons. The number of piperazine rings is 1. The lowest BCUT2D eigenvalue weighted by atomic mass is 10.2. The summed E-state index contributed by atoms with van der Waals surface area (Å²) in [5, 5.41) is 11.1. The van der Waals surface area contributed by atoms with E-state index in [0.717, 1.165) is 6.41 Å². The van der Waals surface area contributed by atoms with Crippen molar-refractivity contribution in [1.82, 2.24) is 20.0 Å². The summed E-state index contributed by atoms with van der Waals surface area (Å²) in [5.41, 5.74) is 1.16. The number of nitrogens with one attached hydrogen (secondary N) is 1. The number of benzene rings is 1. The van der Waals surface area contributed by atoms with Crippen LogP contribution in [-0.2, 0) is 9.53 Å². The van der Waals surface area contributed by atoms with Crippen LogP contribution < -0.4 is 5.32 Å². The molecular formula is C19H21N5O4. The first kappa shape index (κ1) is 19.3. The van der Waals surface area contributed by atoms with Gasteiger partial charge in [0, 0.05) is 26.2 Å². The van der Waals surface area contributed by atoms with Gasteiger partial charge in [0.2, 0.25) is 6.41 Å². The van der Waals surface area contributed by atoms with Gasteiger partial charge < -0.3 is 19.9 Å². The van der Waals surface area contributed by atoms with Crippen LogP contribution >= 0.6 is 0 Å². The second-order valence-electron chi connectivity index (χ2n) is 6.13. The Morgan fingerprint density at radius 1 is 1.11 bits per heavy atom. The van der Waals surface area contributed by atoms with E-state index in [-0.39, 0.29) is 18.2 Å². The molecular weight excluding hydrogens is 362 g/mol. The van der Waals surface area contributed by atoms with Crippen molar-refractivity contribution < 1.29 is 19.1 Å². The fraction of sp³-hybridized carbons (Fsp3) is 0.316. The number of esters is 1. The number of hydrogen-bond acceptors (Lipinski definition) is 7. The van der Waals surface area contributed by atoms with Gasteiger partial charge in [0.15, 0.2) is 11.5 Å². The molecule has 0 atom stereocenters. The Labute approximate surface area is 162 Å². The molecule has 0 unspecified atom stereocenters. The third kappa shape index (κ3) is 4.43. The summed E-state index contributed by atoms with van der Waals surface area (Å²) >= 11 is 0. The highest BCUT2D eigenvalue weighted by atomic mass is 16.5. The van der Waals surface area contributed by atoms with E-state index in [2.05, 4.69) is 15.5 Å². The average Bonchev–Trinajstić information content (AvgIpc) is 2.74. The third-order valence-electron chi connectivity index (χ3n) is 4.32. The minimum Gasteiger partial charge on any atom is -0.462 e. The molecule has 0 radical (unpaired) electrons. The van der Waals surface area contributed by atoms with Crippen LogP contribution in [0.4, 0.5) is 11.5 Å². The van der Waals surface area contributed by atoms with E-state index in [1.807, 2.05) is 0 Å². The van der Waals surface area contributed by atoms with E-state index in [9.17, 15) is 14.4 Å².